The fourth-order valence-corrected chi connectivity index (χ4v) is 3.14. The van der Waals surface area contributed by atoms with Crippen LogP contribution in [0.3, 0.4) is 0 Å². The average molecular weight is 195 g/mol. The molecule has 0 amide bonds. The minimum absolute atomic E-state index is 0.116. The van der Waals surface area contributed by atoms with Gasteiger partial charge in [0, 0.05) is 16.5 Å². The molecule has 1 nitrogen and oxygen atoms in total. The molecule has 1 aromatic carbocycles. The number of rotatable bonds is 1. The number of hydrogen-bond acceptors (Lipinski definition) is 1. The molecular weight excluding hydrogens is 184 g/mol. The van der Waals surface area contributed by atoms with Crippen LogP contribution in [0.15, 0.2) is 18.2 Å². The van der Waals surface area contributed by atoms with Gasteiger partial charge in [0.25, 0.3) is 0 Å². The quantitative estimate of drug-likeness (QED) is 0.729. The van der Waals surface area contributed by atoms with E-state index in [0.29, 0.717) is 0 Å². The van der Waals surface area contributed by atoms with Crippen LogP contribution in [0.1, 0.15) is 24.8 Å². The second-order valence-corrected chi connectivity index (χ2v) is 4.77. The van der Waals surface area contributed by atoms with Crippen LogP contribution in [0, 0.1) is 11.6 Å². The van der Waals surface area contributed by atoms with Crippen LogP contribution in [-0.2, 0) is 5.41 Å². The molecule has 0 aromatic heterocycles. The SMILES string of the molecule is NC12CC(c3c(F)cccc3F)(C1)C2. The Morgan fingerprint density at radius 2 is 1.57 bits per heavy atom. The van der Waals surface area contributed by atoms with Gasteiger partial charge in [0.15, 0.2) is 0 Å². The Hall–Kier alpha value is -0.960. The molecule has 0 radical (unpaired) electrons. The number of nitrogens with two attached hydrogens (primary N) is 1. The maximum absolute atomic E-state index is 13.4. The minimum Gasteiger partial charge on any atom is -0.325 e. The third-order valence-corrected chi connectivity index (χ3v) is 3.56. The summed E-state index contributed by atoms with van der Waals surface area (Å²) in [6.45, 7) is 0. The van der Waals surface area contributed by atoms with E-state index >= 15 is 0 Å². The van der Waals surface area contributed by atoms with Gasteiger partial charge < -0.3 is 5.73 Å². The van der Waals surface area contributed by atoms with E-state index in [0.717, 1.165) is 19.3 Å². The fraction of sp³-hybridized carbons (Fsp3) is 0.455. The van der Waals surface area contributed by atoms with Crippen molar-refractivity contribution in [2.75, 3.05) is 0 Å². The van der Waals surface area contributed by atoms with Crippen LogP contribution < -0.4 is 5.73 Å². The molecule has 1 aromatic rings. The summed E-state index contributed by atoms with van der Waals surface area (Å²) in [6, 6.07) is 4.04. The Bertz CT molecular complexity index is 374. The van der Waals surface area contributed by atoms with Gasteiger partial charge in [-0.1, -0.05) is 6.07 Å². The van der Waals surface area contributed by atoms with Gasteiger partial charge in [-0.05, 0) is 31.4 Å². The fourth-order valence-electron chi connectivity index (χ4n) is 3.14. The molecule has 3 heteroatoms. The van der Waals surface area contributed by atoms with Gasteiger partial charge in [0.05, 0.1) is 0 Å². The normalized spacial score (nSPS) is 38.8. The molecule has 3 aliphatic rings. The zero-order valence-corrected chi connectivity index (χ0v) is 7.69. The molecule has 0 unspecified atom stereocenters. The highest BCUT2D eigenvalue weighted by atomic mass is 19.1. The molecule has 4 rings (SSSR count). The van der Waals surface area contributed by atoms with Crippen molar-refractivity contribution in [3.8, 4) is 0 Å². The van der Waals surface area contributed by atoms with Gasteiger partial charge in [0.1, 0.15) is 11.6 Å². The monoisotopic (exact) mass is 195 g/mol. The maximum Gasteiger partial charge on any atom is 0.129 e. The van der Waals surface area contributed by atoms with E-state index in [1.807, 2.05) is 0 Å². The van der Waals surface area contributed by atoms with Crippen LogP contribution >= 0.6 is 0 Å². The van der Waals surface area contributed by atoms with Crippen LogP contribution in [0.5, 0.6) is 0 Å². The molecule has 0 saturated heterocycles. The second-order valence-electron chi connectivity index (χ2n) is 4.77. The smallest absolute Gasteiger partial charge is 0.129 e. The topological polar surface area (TPSA) is 26.0 Å². The number of hydrogen-bond donors (Lipinski definition) is 1. The number of halogens is 2. The van der Waals surface area contributed by atoms with Crippen LogP contribution in [0.4, 0.5) is 8.78 Å². The molecule has 0 spiro atoms. The van der Waals surface area contributed by atoms with E-state index < -0.39 is 11.6 Å². The lowest BCUT2D eigenvalue weighted by Gasteiger charge is -2.69. The third kappa shape index (κ3) is 0.811. The molecule has 14 heavy (non-hydrogen) atoms. The summed E-state index contributed by atoms with van der Waals surface area (Å²) >= 11 is 0. The summed E-state index contributed by atoms with van der Waals surface area (Å²) in [7, 11) is 0. The Balaban J connectivity index is 2.06. The van der Waals surface area contributed by atoms with Crippen molar-refractivity contribution in [3.05, 3.63) is 35.4 Å². The second kappa shape index (κ2) is 2.16. The Morgan fingerprint density at radius 1 is 1.07 bits per heavy atom. The van der Waals surface area contributed by atoms with Crippen LogP contribution in [0.2, 0.25) is 0 Å². The van der Waals surface area contributed by atoms with E-state index in [-0.39, 0.29) is 16.5 Å². The highest BCUT2D eigenvalue weighted by Gasteiger charge is 2.67. The molecule has 0 atom stereocenters. The molecule has 2 N–H and O–H groups in total. The number of benzene rings is 1. The highest BCUT2D eigenvalue weighted by molar-refractivity contribution is 5.42. The van der Waals surface area contributed by atoms with E-state index in [2.05, 4.69) is 0 Å². The first kappa shape index (κ1) is 8.36. The van der Waals surface area contributed by atoms with Crippen molar-refractivity contribution in [1.29, 1.82) is 0 Å². The molecular formula is C11H11F2N. The Labute approximate surface area is 80.9 Å². The minimum atomic E-state index is -0.424. The standard InChI is InChI=1S/C11H11F2N/c12-7-2-1-3-8(13)9(7)10-4-11(14,5-10)6-10/h1-3H,4-6,14H2. The van der Waals surface area contributed by atoms with Crippen LogP contribution in [-0.4, -0.2) is 5.54 Å². The van der Waals surface area contributed by atoms with Gasteiger partial charge >= 0.3 is 0 Å². The average Bonchev–Trinajstić information content (AvgIpc) is 1.98. The molecule has 3 saturated carbocycles. The van der Waals surface area contributed by atoms with E-state index in [9.17, 15) is 8.78 Å². The first-order valence-electron chi connectivity index (χ1n) is 4.78. The van der Waals surface area contributed by atoms with Gasteiger partial charge in [0.2, 0.25) is 0 Å². The molecule has 0 heterocycles. The lowest BCUT2D eigenvalue weighted by atomic mass is 9.38. The van der Waals surface area contributed by atoms with Crippen molar-refractivity contribution >= 4 is 0 Å². The summed E-state index contributed by atoms with van der Waals surface area (Å²) in [5, 5.41) is 0. The predicted octanol–water partition coefficient (Wildman–Crippen LogP) is 2.10. The Morgan fingerprint density at radius 3 is 2.00 bits per heavy atom. The van der Waals surface area contributed by atoms with Gasteiger partial charge in [-0.2, -0.15) is 0 Å². The zero-order chi connectivity index (χ0) is 9.97. The van der Waals surface area contributed by atoms with E-state index in [1.54, 1.807) is 0 Å². The van der Waals surface area contributed by atoms with E-state index in [1.165, 1.54) is 18.2 Å². The van der Waals surface area contributed by atoms with Gasteiger partial charge in [-0.25, -0.2) is 8.78 Å². The highest BCUT2D eigenvalue weighted by Crippen LogP contribution is 2.67. The summed E-state index contributed by atoms with van der Waals surface area (Å²) in [6.07, 6.45) is 2.20. The molecule has 0 aliphatic heterocycles. The van der Waals surface area contributed by atoms with E-state index in [4.69, 9.17) is 5.73 Å². The first-order chi connectivity index (χ1) is 6.55. The summed E-state index contributed by atoms with van der Waals surface area (Å²) in [4.78, 5) is 0. The van der Waals surface area contributed by atoms with Crippen molar-refractivity contribution in [1.82, 2.24) is 0 Å². The van der Waals surface area contributed by atoms with Crippen molar-refractivity contribution in [2.45, 2.75) is 30.2 Å². The van der Waals surface area contributed by atoms with Gasteiger partial charge in [-0.15, -0.1) is 0 Å². The summed E-state index contributed by atoms with van der Waals surface area (Å²) in [5.74, 6) is -0.849. The lowest BCUT2D eigenvalue weighted by Crippen LogP contribution is -2.74. The molecule has 3 aliphatic carbocycles. The zero-order valence-electron chi connectivity index (χ0n) is 7.69. The third-order valence-electron chi connectivity index (χ3n) is 3.56. The van der Waals surface area contributed by atoms with Crippen molar-refractivity contribution < 1.29 is 8.78 Å². The molecule has 74 valence electrons. The largest absolute Gasteiger partial charge is 0.325 e. The van der Waals surface area contributed by atoms with Gasteiger partial charge in [-0.3, -0.25) is 0 Å². The van der Waals surface area contributed by atoms with Crippen molar-refractivity contribution in [2.24, 2.45) is 5.73 Å². The summed E-state index contributed by atoms with van der Waals surface area (Å²) in [5.41, 5.74) is 5.73. The molecule has 2 bridgehead atoms. The van der Waals surface area contributed by atoms with Crippen molar-refractivity contribution in [3.63, 3.8) is 0 Å². The molecule has 3 fully saturated rings. The lowest BCUT2D eigenvalue weighted by molar-refractivity contribution is -0.0635. The predicted molar refractivity (Wildman–Crippen MR) is 48.8 cm³/mol. The Kier molecular flexibility index (Phi) is 1.29. The maximum atomic E-state index is 13.4. The van der Waals surface area contributed by atoms with Crippen LogP contribution in [0.25, 0.3) is 0 Å². The summed E-state index contributed by atoms with van der Waals surface area (Å²) < 4.78 is 26.9. The first-order valence-corrected chi connectivity index (χ1v) is 4.78.